The minimum Gasteiger partial charge on any atom is -0.290 e. The molecule has 0 bridgehead atoms. The molecular weight excluding hydrogens is 248 g/mol. The smallest absolute Gasteiger partial charge is 0.231 e. The van der Waals surface area contributed by atoms with Gasteiger partial charge in [0.15, 0.2) is 5.01 Å². The van der Waals surface area contributed by atoms with Gasteiger partial charge in [-0.3, -0.25) is 14.7 Å². The number of hydrogen-bond acceptors (Lipinski definition) is 5. The highest BCUT2D eigenvalue weighted by molar-refractivity contribution is 7.18. The van der Waals surface area contributed by atoms with Crippen LogP contribution in [0, 0.1) is 5.92 Å². The maximum atomic E-state index is 11.8. The van der Waals surface area contributed by atoms with Gasteiger partial charge in [-0.1, -0.05) is 25.2 Å². The molecule has 0 saturated heterocycles. The maximum absolute atomic E-state index is 11.8. The van der Waals surface area contributed by atoms with Crippen LogP contribution in [0.25, 0.3) is 10.6 Å². The number of hydrogen-bond donors (Lipinski definition) is 0. The summed E-state index contributed by atoms with van der Waals surface area (Å²) in [6.45, 7) is 3.73. The van der Waals surface area contributed by atoms with Crippen molar-refractivity contribution in [2.75, 3.05) is 11.9 Å². The van der Waals surface area contributed by atoms with E-state index in [1.165, 1.54) is 11.3 Å². The van der Waals surface area contributed by atoms with Crippen molar-refractivity contribution >= 4 is 22.4 Å². The van der Waals surface area contributed by atoms with Crippen LogP contribution in [0.4, 0.5) is 5.13 Å². The molecule has 18 heavy (non-hydrogen) atoms. The van der Waals surface area contributed by atoms with Gasteiger partial charge in [-0.15, -0.1) is 10.2 Å². The Balaban J connectivity index is 2.24. The molecule has 0 aliphatic carbocycles. The third-order valence-corrected chi connectivity index (χ3v) is 3.48. The summed E-state index contributed by atoms with van der Waals surface area (Å²) in [7, 11) is 1.72. The molecule has 2 aromatic heterocycles. The largest absolute Gasteiger partial charge is 0.290 e. The Morgan fingerprint density at radius 1 is 1.39 bits per heavy atom. The molecular formula is C12H14N4OS. The molecule has 0 unspecified atom stereocenters. The molecule has 2 rings (SSSR count). The number of pyridine rings is 1. The number of anilines is 1. The number of carbonyl (C=O) groups is 1. The SMILES string of the molecule is CC(C)C(=O)N(C)c1nnc(-c2cccnc2)s1. The fraction of sp³-hybridized carbons (Fsp3) is 0.333. The van der Waals surface area contributed by atoms with Gasteiger partial charge in [0.2, 0.25) is 11.0 Å². The van der Waals surface area contributed by atoms with Crippen molar-refractivity contribution in [3.63, 3.8) is 0 Å². The molecule has 6 heteroatoms. The lowest BCUT2D eigenvalue weighted by Gasteiger charge is -2.14. The quantitative estimate of drug-likeness (QED) is 0.851. The van der Waals surface area contributed by atoms with Gasteiger partial charge in [0.1, 0.15) is 0 Å². The molecule has 0 radical (unpaired) electrons. The summed E-state index contributed by atoms with van der Waals surface area (Å²) in [5.41, 5.74) is 0.909. The normalized spacial score (nSPS) is 10.7. The third kappa shape index (κ3) is 2.53. The van der Waals surface area contributed by atoms with E-state index in [1.807, 2.05) is 26.0 Å². The van der Waals surface area contributed by atoms with Crippen molar-refractivity contribution in [2.24, 2.45) is 5.92 Å². The summed E-state index contributed by atoms with van der Waals surface area (Å²) < 4.78 is 0. The molecule has 0 spiro atoms. The molecule has 0 atom stereocenters. The molecule has 0 aliphatic rings. The standard InChI is InChI=1S/C12H14N4OS/c1-8(2)11(17)16(3)12-15-14-10(18-12)9-5-4-6-13-7-9/h4-8H,1-3H3. The number of rotatable bonds is 3. The van der Waals surface area contributed by atoms with Crippen molar-refractivity contribution in [1.29, 1.82) is 0 Å². The predicted molar refractivity (Wildman–Crippen MR) is 71.4 cm³/mol. The van der Waals surface area contributed by atoms with Gasteiger partial charge in [0, 0.05) is 30.9 Å². The maximum Gasteiger partial charge on any atom is 0.231 e. The Morgan fingerprint density at radius 3 is 2.78 bits per heavy atom. The average molecular weight is 262 g/mol. The molecule has 2 heterocycles. The van der Waals surface area contributed by atoms with E-state index in [9.17, 15) is 4.79 Å². The van der Waals surface area contributed by atoms with Crippen LogP contribution in [0.2, 0.25) is 0 Å². The number of amides is 1. The second-order valence-electron chi connectivity index (χ2n) is 4.18. The molecule has 2 aromatic rings. The first-order valence-electron chi connectivity index (χ1n) is 5.61. The van der Waals surface area contributed by atoms with Crippen LogP contribution in [0.1, 0.15) is 13.8 Å². The van der Waals surface area contributed by atoms with Gasteiger partial charge in [-0.25, -0.2) is 0 Å². The van der Waals surface area contributed by atoms with Crippen molar-refractivity contribution in [1.82, 2.24) is 15.2 Å². The van der Waals surface area contributed by atoms with Crippen molar-refractivity contribution < 1.29 is 4.79 Å². The first-order valence-corrected chi connectivity index (χ1v) is 6.42. The van der Waals surface area contributed by atoms with Crippen LogP contribution >= 0.6 is 11.3 Å². The zero-order valence-corrected chi connectivity index (χ0v) is 11.3. The van der Waals surface area contributed by atoms with E-state index < -0.39 is 0 Å². The minimum absolute atomic E-state index is 0.0314. The summed E-state index contributed by atoms with van der Waals surface area (Å²) in [4.78, 5) is 17.4. The minimum atomic E-state index is -0.0549. The molecule has 0 aliphatic heterocycles. The summed E-state index contributed by atoms with van der Waals surface area (Å²) in [6, 6.07) is 3.76. The topological polar surface area (TPSA) is 59.0 Å². The molecule has 1 amide bonds. The van der Waals surface area contributed by atoms with Crippen LogP contribution in [0.15, 0.2) is 24.5 Å². The van der Waals surface area contributed by atoms with Crippen molar-refractivity contribution in [2.45, 2.75) is 13.8 Å². The van der Waals surface area contributed by atoms with Crippen molar-refractivity contribution in [3.8, 4) is 10.6 Å². The summed E-state index contributed by atoms with van der Waals surface area (Å²) in [5.74, 6) is -0.0235. The van der Waals surface area contributed by atoms with Crippen molar-refractivity contribution in [3.05, 3.63) is 24.5 Å². The Bertz CT molecular complexity index is 538. The zero-order valence-electron chi connectivity index (χ0n) is 10.5. The predicted octanol–water partition coefficient (Wildman–Crippen LogP) is 2.22. The first kappa shape index (κ1) is 12.6. The Kier molecular flexibility index (Phi) is 3.66. The number of carbonyl (C=O) groups excluding carboxylic acids is 1. The highest BCUT2D eigenvalue weighted by atomic mass is 32.1. The number of nitrogens with zero attached hydrogens (tertiary/aromatic N) is 4. The monoisotopic (exact) mass is 262 g/mol. The summed E-state index contributed by atoms with van der Waals surface area (Å²) >= 11 is 1.38. The van der Waals surface area contributed by atoms with E-state index in [0.717, 1.165) is 10.6 Å². The Labute approximate surface area is 110 Å². The van der Waals surface area contributed by atoms with E-state index in [-0.39, 0.29) is 11.8 Å². The van der Waals surface area contributed by atoms with Crippen LogP contribution in [0.5, 0.6) is 0 Å². The van der Waals surface area contributed by atoms with Crippen LogP contribution in [-0.4, -0.2) is 28.1 Å². The van der Waals surface area contributed by atoms with Crippen LogP contribution < -0.4 is 4.90 Å². The van der Waals surface area contributed by atoms with E-state index in [4.69, 9.17) is 0 Å². The molecule has 0 fully saturated rings. The van der Waals surface area contributed by atoms with Crippen LogP contribution in [-0.2, 0) is 4.79 Å². The highest BCUT2D eigenvalue weighted by Gasteiger charge is 2.18. The zero-order chi connectivity index (χ0) is 13.1. The lowest BCUT2D eigenvalue weighted by atomic mass is 10.2. The second-order valence-corrected chi connectivity index (χ2v) is 5.14. The van der Waals surface area contributed by atoms with Gasteiger partial charge < -0.3 is 0 Å². The molecule has 94 valence electrons. The third-order valence-electron chi connectivity index (χ3n) is 2.43. The van der Waals surface area contributed by atoms with Gasteiger partial charge in [-0.05, 0) is 12.1 Å². The van der Waals surface area contributed by atoms with Gasteiger partial charge in [0.05, 0.1) is 0 Å². The molecule has 0 N–H and O–H groups in total. The van der Waals surface area contributed by atoms with E-state index in [1.54, 1.807) is 24.3 Å². The van der Waals surface area contributed by atoms with Crippen LogP contribution in [0.3, 0.4) is 0 Å². The average Bonchev–Trinajstić information content (AvgIpc) is 2.87. The van der Waals surface area contributed by atoms with Gasteiger partial charge >= 0.3 is 0 Å². The first-order chi connectivity index (χ1) is 8.59. The Morgan fingerprint density at radius 2 is 2.17 bits per heavy atom. The second kappa shape index (κ2) is 5.22. The van der Waals surface area contributed by atoms with Gasteiger partial charge in [0.25, 0.3) is 0 Å². The van der Waals surface area contributed by atoms with E-state index in [2.05, 4.69) is 15.2 Å². The molecule has 0 saturated carbocycles. The van der Waals surface area contributed by atoms with Gasteiger partial charge in [-0.2, -0.15) is 0 Å². The fourth-order valence-electron chi connectivity index (χ4n) is 1.44. The fourth-order valence-corrected chi connectivity index (χ4v) is 2.24. The molecule has 0 aromatic carbocycles. The molecule has 5 nitrogen and oxygen atoms in total. The summed E-state index contributed by atoms with van der Waals surface area (Å²) in [6.07, 6.45) is 3.44. The lowest BCUT2D eigenvalue weighted by molar-refractivity contribution is -0.121. The Hall–Kier alpha value is -1.82. The lowest BCUT2D eigenvalue weighted by Crippen LogP contribution is -2.30. The number of aromatic nitrogens is 3. The summed E-state index contributed by atoms with van der Waals surface area (Å²) in [5, 5.41) is 9.50. The van der Waals surface area contributed by atoms with E-state index >= 15 is 0 Å². The van der Waals surface area contributed by atoms with E-state index in [0.29, 0.717) is 5.13 Å². The highest BCUT2D eigenvalue weighted by Crippen LogP contribution is 2.27.